The van der Waals surface area contributed by atoms with E-state index in [1.165, 1.54) is 0 Å². The Labute approximate surface area is 99.5 Å². The number of nitrogens with one attached hydrogen (secondary N) is 2. The standard InChI is InChI=1S/C12H17N3O2/c1-12(2,17)10(16)6-13-8-4-3-5-9-11(8)15-7-14-9/h3-5,7,10,13,16-17H,6H2,1-2H3,(H,14,15). The van der Waals surface area contributed by atoms with Gasteiger partial charge in [0.05, 0.1) is 29.2 Å². The first-order chi connectivity index (χ1) is 7.98. The van der Waals surface area contributed by atoms with Crippen LogP contribution in [0.1, 0.15) is 13.8 Å². The highest BCUT2D eigenvalue weighted by Crippen LogP contribution is 2.20. The quantitative estimate of drug-likeness (QED) is 0.640. The van der Waals surface area contributed by atoms with Gasteiger partial charge in [-0.25, -0.2) is 4.98 Å². The van der Waals surface area contributed by atoms with E-state index in [4.69, 9.17) is 0 Å². The molecule has 1 aromatic carbocycles. The smallest absolute Gasteiger partial charge is 0.111 e. The van der Waals surface area contributed by atoms with Crippen LogP contribution in [0.5, 0.6) is 0 Å². The number of aliphatic hydroxyl groups is 2. The molecule has 1 aromatic heterocycles. The van der Waals surface area contributed by atoms with E-state index < -0.39 is 11.7 Å². The van der Waals surface area contributed by atoms with Gasteiger partial charge < -0.3 is 20.5 Å². The Balaban J connectivity index is 2.12. The van der Waals surface area contributed by atoms with E-state index in [0.717, 1.165) is 16.7 Å². The number of imidazole rings is 1. The number of para-hydroxylation sites is 1. The maximum absolute atomic E-state index is 9.73. The Morgan fingerprint density at radius 3 is 2.94 bits per heavy atom. The molecular formula is C12H17N3O2. The second-order valence-electron chi connectivity index (χ2n) is 4.65. The van der Waals surface area contributed by atoms with Crippen LogP contribution in [0.2, 0.25) is 0 Å². The Morgan fingerprint density at radius 2 is 2.24 bits per heavy atom. The fourth-order valence-electron chi connectivity index (χ4n) is 1.56. The SMILES string of the molecule is CC(C)(O)C(O)CNc1cccc2[nH]cnc12. The molecule has 5 nitrogen and oxygen atoms in total. The first kappa shape index (κ1) is 11.9. The Kier molecular flexibility index (Phi) is 3.04. The number of aliphatic hydroxyl groups excluding tert-OH is 1. The van der Waals surface area contributed by atoms with Gasteiger partial charge in [-0.15, -0.1) is 0 Å². The monoisotopic (exact) mass is 235 g/mol. The number of fused-ring (bicyclic) bond motifs is 1. The minimum Gasteiger partial charge on any atom is -0.388 e. The van der Waals surface area contributed by atoms with Crippen molar-refractivity contribution in [2.45, 2.75) is 25.6 Å². The maximum Gasteiger partial charge on any atom is 0.111 e. The summed E-state index contributed by atoms with van der Waals surface area (Å²) in [5, 5.41) is 22.4. The molecule has 2 rings (SSSR count). The molecule has 0 aliphatic heterocycles. The van der Waals surface area contributed by atoms with Crippen molar-refractivity contribution in [3.8, 4) is 0 Å². The maximum atomic E-state index is 9.73. The molecule has 1 atom stereocenters. The minimum absolute atomic E-state index is 0.273. The van der Waals surface area contributed by atoms with Crippen LogP contribution < -0.4 is 5.32 Å². The van der Waals surface area contributed by atoms with Gasteiger partial charge in [-0.2, -0.15) is 0 Å². The summed E-state index contributed by atoms with van der Waals surface area (Å²) in [5.41, 5.74) is 1.49. The number of hydrogen-bond acceptors (Lipinski definition) is 4. The molecule has 0 bridgehead atoms. The summed E-state index contributed by atoms with van der Waals surface area (Å²) in [6.07, 6.45) is 0.791. The fourth-order valence-corrected chi connectivity index (χ4v) is 1.56. The predicted octanol–water partition coefficient (Wildman–Crippen LogP) is 1.11. The van der Waals surface area contributed by atoms with E-state index in [-0.39, 0.29) is 6.54 Å². The molecule has 17 heavy (non-hydrogen) atoms. The van der Waals surface area contributed by atoms with Crippen molar-refractivity contribution in [1.82, 2.24) is 9.97 Å². The molecular weight excluding hydrogens is 218 g/mol. The van der Waals surface area contributed by atoms with Crippen molar-refractivity contribution in [3.63, 3.8) is 0 Å². The van der Waals surface area contributed by atoms with Gasteiger partial charge in [0.1, 0.15) is 5.52 Å². The summed E-state index contributed by atoms with van der Waals surface area (Å²) in [6.45, 7) is 3.43. The van der Waals surface area contributed by atoms with Gasteiger partial charge >= 0.3 is 0 Å². The number of hydrogen-bond donors (Lipinski definition) is 4. The fraction of sp³-hybridized carbons (Fsp3) is 0.417. The van der Waals surface area contributed by atoms with Crippen molar-refractivity contribution >= 4 is 16.7 Å². The molecule has 92 valence electrons. The Morgan fingerprint density at radius 1 is 1.47 bits per heavy atom. The molecule has 2 aromatic rings. The number of aromatic nitrogens is 2. The highest BCUT2D eigenvalue weighted by atomic mass is 16.3. The Bertz CT molecular complexity index is 502. The predicted molar refractivity (Wildman–Crippen MR) is 66.9 cm³/mol. The first-order valence-electron chi connectivity index (χ1n) is 5.55. The Hall–Kier alpha value is -1.59. The van der Waals surface area contributed by atoms with Gasteiger partial charge in [0.2, 0.25) is 0 Å². The van der Waals surface area contributed by atoms with E-state index in [9.17, 15) is 10.2 Å². The molecule has 1 heterocycles. The molecule has 1 unspecified atom stereocenters. The van der Waals surface area contributed by atoms with Gasteiger partial charge in [0, 0.05) is 6.54 Å². The summed E-state index contributed by atoms with van der Waals surface area (Å²) in [4.78, 5) is 7.21. The summed E-state index contributed by atoms with van der Waals surface area (Å²) < 4.78 is 0. The first-order valence-corrected chi connectivity index (χ1v) is 5.55. The summed E-state index contributed by atoms with van der Waals surface area (Å²) >= 11 is 0. The molecule has 0 aliphatic carbocycles. The van der Waals surface area contributed by atoms with Crippen LogP contribution in [0.25, 0.3) is 11.0 Å². The average Bonchev–Trinajstić information content (AvgIpc) is 2.72. The lowest BCUT2D eigenvalue weighted by Crippen LogP contribution is -2.40. The second-order valence-corrected chi connectivity index (χ2v) is 4.65. The number of H-pyrrole nitrogens is 1. The third kappa shape index (κ3) is 2.57. The molecule has 0 fully saturated rings. The molecule has 5 heteroatoms. The third-order valence-corrected chi connectivity index (χ3v) is 2.75. The highest BCUT2D eigenvalue weighted by molar-refractivity contribution is 5.87. The normalized spacial score (nSPS) is 13.9. The van der Waals surface area contributed by atoms with E-state index in [1.807, 2.05) is 18.2 Å². The van der Waals surface area contributed by atoms with Crippen LogP contribution in [0, 0.1) is 0 Å². The largest absolute Gasteiger partial charge is 0.388 e. The van der Waals surface area contributed by atoms with Crippen molar-refractivity contribution < 1.29 is 10.2 Å². The highest BCUT2D eigenvalue weighted by Gasteiger charge is 2.24. The van der Waals surface area contributed by atoms with Crippen LogP contribution in [-0.2, 0) is 0 Å². The van der Waals surface area contributed by atoms with Crippen LogP contribution in [0.4, 0.5) is 5.69 Å². The van der Waals surface area contributed by atoms with Crippen LogP contribution in [-0.4, -0.2) is 38.4 Å². The minimum atomic E-state index is -1.12. The van der Waals surface area contributed by atoms with Crippen molar-refractivity contribution in [2.24, 2.45) is 0 Å². The van der Waals surface area contributed by atoms with E-state index in [0.29, 0.717) is 0 Å². The van der Waals surface area contributed by atoms with Gasteiger partial charge in [0.25, 0.3) is 0 Å². The van der Waals surface area contributed by atoms with Crippen LogP contribution in [0.15, 0.2) is 24.5 Å². The number of aromatic amines is 1. The molecule has 4 N–H and O–H groups in total. The number of anilines is 1. The topological polar surface area (TPSA) is 81.2 Å². The number of nitrogens with zero attached hydrogens (tertiary/aromatic N) is 1. The van der Waals surface area contributed by atoms with Gasteiger partial charge in [-0.3, -0.25) is 0 Å². The molecule has 0 radical (unpaired) electrons. The zero-order chi connectivity index (χ0) is 12.5. The third-order valence-electron chi connectivity index (χ3n) is 2.75. The summed E-state index contributed by atoms with van der Waals surface area (Å²) in [7, 11) is 0. The van der Waals surface area contributed by atoms with Crippen molar-refractivity contribution in [2.75, 3.05) is 11.9 Å². The average molecular weight is 235 g/mol. The lowest BCUT2D eigenvalue weighted by Gasteiger charge is -2.25. The zero-order valence-corrected chi connectivity index (χ0v) is 9.94. The summed E-state index contributed by atoms with van der Waals surface area (Å²) in [6, 6.07) is 5.72. The molecule has 0 spiro atoms. The van der Waals surface area contributed by atoms with Crippen LogP contribution in [0.3, 0.4) is 0 Å². The lowest BCUT2D eigenvalue weighted by atomic mass is 10.0. The molecule has 0 saturated carbocycles. The lowest BCUT2D eigenvalue weighted by molar-refractivity contribution is -0.0403. The zero-order valence-electron chi connectivity index (χ0n) is 9.94. The summed E-state index contributed by atoms with van der Waals surface area (Å²) in [5.74, 6) is 0. The van der Waals surface area contributed by atoms with E-state index in [1.54, 1.807) is 20.2 Å². The van der Waals surface area contributed by atoms with Gasteiger partial charge in [-0.1, -0.05) is 6.07 Å². The van der Waals surface area contributed by atoms with E-state index >= 15 is 0 Å². The number of benzene rings is 1. The molecule has 0 aliphatic rings. The van der Waals surface area contributed by atoms with Crippen molar-refractivity contribution in [3.05, 3.63) is 24.5 Å². The van der Waals surface area contributed by atoms with Crippen molar-refractivity contribution in [1.29, 1.82) is 0 Å². The number of rotatable bonds is 4. The van der Waals surface area contributed by atoms with Crippen LogP contribution >= 0.6 is 0 Å². The molecule has 0 amide bonds. The van der Waals surface area contributed by atoms with Gasteiger partial charge in [-0.05, 0) is 26.0 Å². The molecule has 0 saturated heterocycles. The van der Waals surface area contributed by atoms with Gasteiger partial charge in [0.15, 0.2) is 0 Å². The second kappa shape index (κ2) is 4.35. The van der Waals surface area contributed by atoms with E-state index in [2.05, 4.69) is 15.3 Å².